The zero-order chi connectivity index (χ0) is 15.6. The first-order chi connectivity index (χ1) is 9.92. The van der Waals surface area contributed by atoms with Gasteiger partial charge in [-0.3, -0.25) is 4.79 Å². The van der Waals surface area contributed by atoms with Crippen LogP contribution in [-0.4, -0.2) is 24.0 Å². The van der Waals surface area contributed by atoms with Crippen LogP contribution >= 0.6 is 22.9 Å². The van der Waals surface area contributed by atoms with Gasteiger partial charge in [0.1, 0.15) is 5.69 Å². The minimum atomic E-state index is -0.497. The van der Waals surface area contributed by atoms with E-state index in [4.69, 9.17) is 11.6 Å². The number of hydrogen-bond donors (Lipinski definition) is 1. The number of halogens is 1. The Balaban J connectivity index is 2.28. The second-order valence-electron chi connectivity index (χ2n) is 4.28. The second-order valence-corrected chi connectivity index (χ2v) is 6.09. The lowest BCUT2D eigenvalue weighted by atomic mass is 10.2. The number of anilines is 1. The number of benzene rings is 1. The van der Waals surface area contributed by atoms with Gasteiger partial charge in [-0.05, 0) is 32.0 Å². The Morgan fingerprint density at radius 2 is 2.05 bits per heavy atom. The van der Waals surface area contributed by atoms with Crippen molar-refractivity contribution in [1.82, 2.24) is 4.98 Å². The molecule has 0 aliphatic heterocycles. The molecule has 110 valence electrons. The van der Waals surface area contributed by atoms with Gasteiger partial charge in [0.25, 0.3) is 5.91 Å². The molecule has 0 aliphatic rings. The topological polar surface area (TPSA) is 68.3 Å². The maximum absolute atomic E-state index is 12.2. The summed E-state index contributed by atoms with van der Waals surface area (Å²) >= 11 is 7.48. The molecule has 2 rings (SSSR count). The van der Waals surface area contributed by atoms with E-state index in [0.29, 0.717) is 22.0 Å². The molecule has 0 aliphatic carbocycles. The van der Waals surface area contributed by atoms with Crippen molar-refractivity contribution in [3.05, 3.63) is 44.4 Å². The van der Waals surface area contributed by atoms with Gasteiger partial charge in [-0.15, -0.1) is 11.3 Å². The van der Waals surface area contributed by atoms with Crippen LogP contribution in [0, 0.1) is 13.8 Å². The van der Waals surface area contributed by atoms with Crippen LogP contribution in [0.3, 0.4) is 0 Å². The van der Waals surface area contributed by atoms with Crippen LogP contribution in [0.5, 0.6) is 0 Å². The maximum atomic E-state index is 12.2. The lowest BCUT2D eigenvalue weighted by molar-refractivity contribution is 0.0600. The summed E-state index contributed by atoms with van der Waals surface area (Å²) in [5, 5.41) is 3.81. The molecule has 21 heavy (non-hydrogen) atoms. The standard InChI is InChI=1S/C14H13ClN2O3S/c1-7-12(16-8(2)21-7)13(18)17-11-6-9(14(19)20-3)4-5-10(11)15/h4-6H,1-3H3,(H,17,18). The number of hydrogen-bond acceptors (Lipinski definition) is 5. The number of aryl methyl sites for hydroxylation is 2. The monoisotopic (exact) mass is 324 g/mol. The molecule has 1 heterocycles. The number of rotatable bonds is 3. The molecular formula is C14H13ClN2O3S. The van der Waals surface area contributed by atoms with E-state index in [9.17, 15) is 9.59 Å². The Labute approximate surface area is 130 Å². The van der Waals surface area contributed by atoms with E-state index in [0.717, 1.165) is 9.88 Å². The summed E-state index contributed by atoms with van der Waals surface area (Å²) in [5.41, 5.74) is 1.01. The smallest absolute Gasteiger partial charge is 0.337 e. The number of esters is 1. The Bertz CT molecular complexity index is 712. The summed E-state index contributed by atoms with van der Waals surface area (Å²) < 4.78 is 4.64. The predicted octanol–water partition coefficient (Wildman–Crippen LogP) is 3.45. The molecule has 0 spiro atoms. The first kappa shape index (κ1) is 15.5. The summed E-state index contributed by atoms with van der Waals surface area (Å²) in [5.74, 6) is -0.858. The fraction of sp³-hybridized carbons (Fsp3) is 0.214. The maximum Gasteiger partial charge on any atom is 0.337 e. The highest BCUT2D eigenvalue weighted by atomic mass is 35.5. The molecule has 1 N–H and O–H groups in total. The van der Waals surface area contributed by atoms with E-state index in [2.05, 4.69) is 15.0 Å². The SMILES string of the molecule is COC(=O)c1ccc(Cl)c(NC(=O)c2nc(C)sc2C)c1. The van der Waals surface area contributed by atoms with Crippen molar-refractivity contribution < 1.29 is 14.3 Å². The van der Waals surface area contributed by atoms with Crippen molar-refractivity contribution in [2.45, 2.75) is 13.8 Å². The second kappa shape index (κ2) is 6.24. The normalized spacial score (nSPS) is 10.3. The Morgan fingerprint density at radius 3 is 2.62 bits per heavy atom. The molecular weight excluding hydrogens is 312 g/mol. The number of carbonyl (C=O) groups is 2. The van der Waals surface area contributed by atoms with Crippen LogP contribution in [0.1, 0.15) is 30.7 Å². The van der Waals surface area contributed by atoms with Gasteiger partial charge >= 0.3 is 5.97 Å². The third-order valence-electron chi connectivity index (χ3n) is 2.75. The molecule has 1 amide bonds. The van der Waals surface area contributed by atoms with Gasteiger partial charge in [-0.25, -0.2) is 9.78 Å². The largest absolute Gasteiger partial charge is 0.465 e. The van der Waals surface area contributed by atoms with E-state index >= 15 is 0 Å². The van der Waals surface area contributed by atoms with Crippen molar-refractivity contribution in [3.63, 3.8) is 0 Å². The molecule has 5 nitrogen and oxygen atoms in total. The molecule has 0 unspecified atom stereocenters. The number of carbonyl (C=O) groups excluding carboxylic acids is 2. The van der Waals surface area contributed by atoms with E-state index in [1.165, 1.54) is 36.6 Å². The lowest BCUT2D eigenvalue weighted by Gasteiger charge is -2.08. The summed E-state index contributed by atoms with van der Waals surface area (Å²) in [4.78, 5) is 28.7. The first-order valence-corrected chi connectivity index (χ1v) is 7.25. The number of nitrogens with one attached hydrogen (secondary N) is 1. The Hall–Kier alpha value is -1.92. The van der Waals surface area contributed by atoms with Crippen LogP contribution < -0.4 is 5.32 Å². The van der Waals surface area contributed by atoms with Crippen LogP contribution in [0.25, 0.3) is 0 Å². The Kier molecular flexibility index (Phi) is 4.59. The zero-order valence-corrected chi connectivity index (χ0v) is 13.3. The predicted molar refractivity (Wildman–Crippen MR) is 82.3 cm³/mol. The van der Waals surface area contributed by atoms with Gasteiger partial charge < -0.3 is 10.1 Å². The Morgan fingerprint density at radius 1 is 1.33 bits per heavy atom. The quantitative estimate of drug-likeness (QED) is 0.878. The number of ether oxygens (including phenoxy) is 1. The van der Waals surface area contributed by atoms with Gasteiger partial charge in [-0.2, -0.15) is 0 Å². The minimum Gasteiger partial charge on any atom is -0.465 e. The molecule has 1 aromatic carbocycles. The lowest BCUT2D eigenvalue weighted by Crippen LogP contribution is -2.14. The number of amides is 1. The fourth-order valence-corrected chi connectivity index (χ4v) is 2.77. The van der Waals surface area contributed by atoms with Gasteiger partial charge in [0, 0.05) is 4.88 Å². The average Bonchev–Trinajstić information content (AvgIpc) is 2.79. The molecule has 0 radical (unpaired) electrons. The molecule has 0 atom stereocenters. The van der Waals surface area contributed by atoms with Crippen LogP contribution in [0.4, 0.5) is 5.69 Å². The summed E-state index contributed by atoms with van der Waals surface area (Å²) in [6.07, 6.45) is 0. The van der Waals surface area contributed by atoms with E-state index in [1.54, 1.807) is 0 Å². The summed E-state index contributed by atoms with van der Waals surface area (Å²) in [7, 11) is 1.29. The highest BCUT2D eigenvalue weighted by Crippen LogP contribution is 2.25. The van der Waals surface area contributed by atoms with Crippen LogP contribution in [-0.2, 0) is 4.74 Å². The van der Waals surface area contributed by atoms with Crippen molar-refractivity contribution in [1.29, 1.82) is 0 Å². The van der Waals surface area contributed by atoms with Gasteiger partial charge in [-0.1, -0.05) is 11.6 Å². The van der Waals surface area contributed by atoms with Gasteiger partial charge in [0.2, 0.25) is 0 Å². The molecule has 0 saturated heterocycles. The zero-order valence-electron chi connectivity index (χ0n) is 11.7. The van der Waals surface area contributed by atoms with Crippen molar-refractivity contribution in [2.24, 2.45) is 0 Å². The molecule has 2 aromatic rings. The number of methoxy groups -OCH3 is 1. The van der Waals surface area contributed by atoms with E-state index in [1.807, 2.05) is 13.8 Å². The van der Waals surface area contributed by atoms with Crippen molar-refractivity contribution in [2.75, 3.05) is 12.4 Å². The fourth-order valence-electron chi connectivity index (χ4n) is 1.79. The minimum absolute atomic E-state index is 0.309. The van der Waals surface area contributed by atoms with Crippen LogP contribution in [0.2, 0.25) is 5.02 Å². The summed E-state index contributed by atoms with van der Waals surface area (Å²) in [6, 6.07) is 4.53. The van der Waals surface area contributed by atoms with E-state index < -0.39 is 5.97 Å². The molecule has 0 bridgehead atoms. The molecule has 1 aromatic heterocycles. The number of thiazole rings is 1. The highest BCUT2D eigenvalue weighted by molar-refractivity contribution is 7.11. The molecule has 0 saturated carbocycles. The summed E-state index contributed by atoms with van der Waals surface area (Å²) in [6.45, 7) is 3.66. The van der Waals surface area contributed by atoms with Gasteiger partial charge in [0.05, 0.1) is 28.4 Å². The third kappa shape index (κ3) is 3.40. The van der Waals surface area contributed by atoms with Crippen molar-refractivity contribution >= 4 is 40.5 Å². The third-order valence-corrected chi connectivity index (χ3v) is 3.97. The van der Waals surface area contributed by atoms with Crippen LogP contribution in [0.15, 0.2) is 18.2 Å². The number of nitrogens with zero attached hydrogens (tertiary/aromatic N) is 1. The van der Waals surface area contributed by atoms with Crippen molar-refractivity contribution in [3.8, 4) is 0 Å². The molecule has 7 heteroatoms. The molecule has 0 fully saturated rings. The number of aromatic nitrogens is 1. The van der Waals surface area contributed by atoms with Gasteiger partial charge in [0.15, 0.2) is 0 Å². The highest BCUT2D eigenvalue weighted by Gasteiger charge is 2.16. The average molecular weight is 325 g/mol. The van der Waals surface area contributed by atoms with E-state index in [-0.39, 0.29) is 5.91 Å². The first-order valence-electron chi connectivity index (χ1n) is 6.05.